The molecule has 0 bridgehead atoms. The summed E-state index contributed by atoms with van der Waals surface area (Å²) < 4.78 is 15.1. The van der Waals surface area contributed by atoms with E-state index in [1.54, 1.807) is 18.2 Å². The molecule has 6 nitrogen and oxygen atoms in total. The minimum Gasteiger partial charge on any atom is -0.368 e. The van der Waals surface area contributed by atoms with E-state index in [-0.39, 0.29) is 11.7 Å². The largest absolute Gasteiger partial charge is 0.368 e. The summed E-state index contributed by atoms with van der Waals surface area (Å²) in [6, 6.07) is 16.3. The van der Waals surface area contributed by atoms with Crippen molar-refractivity contribution in [3.63, 3.8) is 0 Å². The molecule has 1 saturated heterocycles. The van der Waals surface area contributed by atoms with Crippen LogP contribution in [0.4, 0.5) is 10.1 Å². The van der Waals surface area contributed by atoms with Gasteiger partial charge in [-0.2, -0.15) is 0 Å². The smallest absolute Gasteiger partial charge is 0.233 e. The van der Waals surface area contributed by atoms with E-state index in [9.17, 15) is 9.18 Å². The SMILES string of the molecule is C=CCn1c(SCC(=O)N2CCN(c3ccc(F)cc3)CC2)nnc1-c1ccccc1. The number of carbonyl (C=O) groups excluding carboxylic acids is 1. The third-order valence-corrected chi connectivity index (χ3v) is 6.16. The van der Waals surface area contributed by atoms with E-state index in [1.165, 1.54) is 23.9 Å². The van der Waals surface area contributed by atoms with E-state index < -0.39 is 0 Å². The summed E-state index contributed by atoms with van der Waals surface area (Å²) >= 11 is 1.40. The Bertz CT molecular complexity index is 1030. The predicted molar refractivity (Wildman–Crippen MR) is 122 cm³/mol. The average Bonchev–Trinajstić information content (AvgIpc) is 3.21. The number of thioether (sulfide) groups is 1. The summed E-state index contributed by atoms with van der Waals surface area (Å²) in [5.41, 5.74) is 1.96. The molecule has 4 rings (SSSR count). The molecule has 160 valence electrons. The van der Waals surface area contributed by atoms with Crippen LogP contribution in [0, 0.1) is 5.82 Å². The number of hydrogen-bond acceptors (Lipinski definition) is 5. The second kappa shape index (κ2) is 9.78. The van der Waals surface area contributed by atoms with Crippen molar-refractivity contribution in [2.75, 3.05) is 36.8 Å². The van der Waals surface area contributed by atoms with Gasteiger partial charge in [-0.05, 0) is 24.3 Å². The van der Waals surface area contributed by atoms with Crippen molar-refractivity contribution in [1.82, 2.24) is 19.7 Å². The molecule has 31 heavy (non-hydrogen) atoms. The van der Waals surface area contributed by atoms with Crippen LogP contribution in [0.3, 0.4) is 0 Å². The second-order valence-electron chi connectivity index (χ2n) is 7.20. The van der Waals surface area contributed by atoms with Gasteiger partial charge in [-0.15, -0.1) is 16.8 Å². The van der Waals surface area contributed by atoms with Crippen LogP contribution in [0.1, 0.15) is 0 Å². The molecule has 2 aromatic carbocycles. The first kappa shape index (κ1) is 21.1. The number of piperazine rings is 1. The van der Waals surface area contributed by atoms with Crippen molar-refractivity contribution in [1.29, 1.82) is 0 Å². The monoisotopic (exact) mass is 437 g/mol. The third kappa shape index (κ3) is 4.96. The number of nitrogens with zero attached hydrogens (tertiary/aromatic N) is 5. The topological polar surface area (TPSA) is 54.3 Å². The van der Waals surface area contributed by atoms with Crippen LogP contribution in [0.5, 0.6) is 0 Å². The molecule has 0 unspecified atom stereocenters. The predicted octanol–water partition coefficient (Wildman–Crippen LogP) is 3.71. The minimum absolute atomic E-state index is 0.0816. The lowest BCUT2D eigenvalue weighted by Gasteiger charge is -2.36. The molecule has 0 spiro atoms. The van der Waals surface area contributed by atoms with E-state index in [4.69, 9.17) is 0 Å². The van der Waals surface area contributed by atoms with Crippen molar-refractivity contribution in [2.24, 2.45) is 0 Å². The highest BCUT2D eigenvalue weighted by molar-refractivity contribution is 7.99. The molecular formula is C23H24FN5OS. The Labute approximate surface area is 185 Å². The summed E-state index contributed by atoms with van der Waals surface area (Å²) in [6.45, 7) is 7.15. The third-order valence-electron chi connectivity index (χ3n) is 5.21. The lowest BCUT2D eigenvalue weighted by molar-refractivity contribution is -0.128. The number of rotatable bonds is 7. The summed E-state index contributed by atoms with van der Waals surface area (Å²) in [5.74, 6) is 0.913. The summed E-state index contributed by atoms with van der Waals surface area (Å²) in [4.78, 5) is 16.8. The Kier molecular flexibility index (Phi) is 6.66. The van der Waals surface area contributed by atoms with Crippen LogP contribution in [0.15, 0.2) is 72.4 Å². The van der Waals surface area contributed by atoms with Crippen LogP contribution in [0.25, 0.3) is 11.4 Å². The van der Waals surface area contributed by atoms with Crippen molar-refractivity contribution in [2.45, 2.75) is 11.7 Å². The Hall–Kier alpha value is -3.13. The van der Waals surface area contributed by atoms with Gasteiger partial charge in [0.2, 0.25) is 5.91 Å². The van der Waals surface area contributed by atoms with Crippen LogP contribution in [0.2, 0.25) is 0 Å². The second-order valence-corrected chi connectivity index (χ2v) is 8.15. The van der Waals surface area contributed by atoms with Crippen LogP contribution in [-0.2, 0) is 11.3 Å². The standard InChI is InChI=1S/C23H24FN5OS/c1-2-12-29-22(18-6-4-3-5-7-18)25-26-23(29)31-17-21(30)28-15-13-27(14-16-28)20-10-8-19(24)9-11-20/h2-11H,1,12-17H2. The maximum absolute atomic E-state index is 13.1. The molecule has 0 atom stereocenters. The Morgan fingerprint density at radius 1 is 1.03 bits per heavy atom. The zero-order valence-corrected chi connectivity index (χ0v) is 18.0. The van der Waals surface area contributed by atoms with Gasteiger partial charge in [0.15, 0.2) is 11.0 Å². The highest BCUT2D eigenvalue weighted by Gasteiger charge is 2.22. The number of amides is 1. The van der Waals surface area contributed by atoms with E-state index >= 15 is 0 Å². The molecule has 1 aromatic heterocycles. The Balaban J connectivity index is 1.35. The quantitative estimate of drug-likeness (QED) is 0.417. The maximum atomic E-state index is 13.1. The molecular weight excluding hydrogens is 413 g/mol. The molecule has 2 heterocycles. The van der Waals surface area contributed by atoms with Gasteiger partial charge in [0.1, 0.15) is 5.82 Å². The van der Waals surface area contributed by atoms with E-state index in [0.717, 1.165) is 30.2 Å². The molecule has 8 heteroatoms. The molecule has 1 aliphatic rings. The molecule has 1 amide bonds. The maximum Gasteiger partial charge on any atom is 0.233 e. The fraction of sp³-hybridized carbons (Fsp3) is 0.261. The van der Waals surface area contributed by atoms with Crippen molar-refractivity contribution < 1.29 is 9.18 Å². The van der Waals surface area contributed by atoms with E-state index in [0.29, 0.717) is 30.5 Å². The van der Waals surface area contributed by atoms with Crippen molar-refractivity contribution >= 4 is 23.4 Å². The van der Waals surface area contributed by atoms with Crippen LogP contribution in [-0.4, -0.2) is 57.5 Å². The molecule has 0 aliphatic carbocycles. The Morgan fingerprint density at radius 3 is 2.42 bits per heavy atom. The number of allylic oxidation sites excluding steroid dienone is 1. The van der Waals surface area contributed by atoms with E-state index in [1.807, 2.05) is 39.8 Å². The van der Waals surface area contributed by atoms with Gasteiger partial charge in [0.25, 0.3) is 0 Å². The lowest BCUT2D eigenvalue weighted by Crippen LogP contribution is -2.49. The molecule has 0 radical (unpaired) electrons. The fourth-order valence-corrected chi connectivity index (χ4v) is 4.42. The molecule has 0 N–H and O–H groups in total. The number of benzene rings is 2. The highest BCUT2D eigenvalue weighted by atomic mass is 32.2. The number of anilines is 1. The van der Waals surface area contributed by atoms with Gasteiger partial charge in [-0.1, -0.05) is 48.2 Å². The summed E-state index contributed by atoms with van der Waals surface area (Å²) in [5, 5.41) is 9.34. The van der Waals surface area contributed by atoms with Gasteiger partial charge in [0.05, 0.1) is 5.75 Å². The average molecular weight is 438 g/mol. The summed E-state index contributed by atoms with van der Waals surface area (Å²) in [7, 11) is 0. The van der Waals surface area contributed by atoms with Crippen LogP contribution >= 0.6 is 11.8 Å². The first-order chi connectivity index (χ1) is 15.2. The fourth-order valence-electron chi connectivity index (χ4n) is 3.57. The zero-order valence-electron chi connectivity index (χ0n) is 17.2. The lowest BCUT2D eigenvalue weighted by atomic mass is 10.2. The highest BCUT2D eigenvalue weighted by Crippen LogP contribution is 2.24. The number of hydrogen-bond donors (Lipinski definition) is 0. The molecule has 3 aromatic rings. The van der Waals surface area contributed by atoms with Crippen molar-refractivity contribution in [3.05, 3.63) is 73.1 Å². The van der Waals surface area contributed by atoms with Crippen molar-refractivity contribution in [3.8, 4) is 11.4 Å². The first-order valence-electron chi connectivity index (χ1n) is 10.2. The van der Waals surface area contributed by atoms with Gasteiger partial charge in [0, 0.05) is 44.0 Å². The first-order valence-corrected chi connectivity index (χ1v) is 11.1. The molecule has 1 aliphatic heterocycles. The number of carbonyl (C=O) groups is 1. The normalized spacial score (nSPS) is 14.0. The van der Waals surface area contributed by atoms with Crippen LogP contribution < -0.4 is 4.90 Å². The molecule has 0 saturated carbocycles. The van der Waals surface area contributed by atoms with E-state index in [2.05, 4.69) is 21.7 Å². The van der Waals surface area contributed by atoms with Gasteiger partial charge >= 0.3 is 0 Å². The van der Waals surface area contributed by atoms with Gasteiger partial charge in [-0.25, -0.2) is 4.39 Å². The molecule has 1 fully saturated rings. The number of aromatic nitrogens is 3. The van der Waals surface area contributed by atoms with Gasteiger partial charge in [-0.3, -0.25) is 9.36 Å². The Morgan fingerprint density at radius 2 is 1.74 bits per heavy atom. The van der Waals surface area contributed by atoms with Gasteiger partial charge < -0.3 is 9.80 Å². The number of halogens is 1. The minimum atomic E-state index is -0.241. The summed E-state index contributed by atoms with van der Waals surface area (Å²) in [6.07, 6.45) is 1.80. The zero-order chi connectivity index (χ0) is 21.6.